The Labute approximate surface area is 76.6 Å². The van der Waals surface area contributed by atoms with Crippen molar-refractivity contribution in [1.29, 1.82) is 5.26 Å². The molecule has 0 aromatic carbocycles. The fourth-order valence-corrected chi connectivity index (χ4v) is 1.74. The van der Waals surface area contributed by atoms with Gasteiger partial charge in [-0.3, -0.25) is 4.79 Å². The third-order valence-corrected chi connectivity index (χ3v) is 2.47. The van der Waals surface area contributed by atoms with E-state index in [1.165, 1.54) is 0 Å². The average Bonchev–Trinajstić information content (AvgIpc) is 2.27. The summed E-state index contributed by atoms with van der Waals surface area (Å²) in [5.74, 6) is 0.232. The number of carbonyl (C=O) groups is 1. The van der Waals surface area contributed by atoms with E-state index in [1.54, 1.807) is 5.41 Å². The lowest BCUT2D eigenvalue weighted by atomic mass is 10.1. The molecule has 0 aromatic rings. The molecule has 0 aromatic heterocycles. The fourth-order valence-electron chi connectivity index (χ4n) is 1.30. The normalized spacial score (nSPS) is 21.9. The van der Waals surface area contributed by atoms with Crippen molar-refractivity contribution in [2.24, 2.45) is 0 Å². The third kappa shape index (κ3) is 2.71. The van der Waals surface area contributed by atoms with Crippen LogP contribution in [0, 0.1) is 10.7 Å². The van der Waals surface area contributed by atoms with E-state index in [2.05, 4.69) is 0 Å². The molecule has 0 amide bonds. The second kappa shape index (κ2) is 5.00. The quantitative estimate of drug-likeness (QED) is 0.354. The van der Waals surface area contributed by atoms with Gasteiger partial charge in [0.25, 0.3) is 0 Å². The van der Waals surface area contributed by atoms with Crippen LogP contribution in [-0.2, 0) is 4.79 Å². The van der Waals surface area contributed by atoms with Gasteiger partial charge in [-0.25, -0.2) is 0 Å². The summed E-state index contributed by atoms with van der Waals surface area (Å²) < 4.78 is 0. The van der Waals surface area contributed by atoms with E-state index in [-0.39, 0.29) is 5.78 Å². The van der Waals surface area contributed by atoms with Gasteiger partial charge in [0.2, 0.25) is 0 Å². The zero-order valence-electron chi connectivity index (χ0n) is 6.88. The minimum absolute atomic E-state index is 0.232. The summed E-state index contributed by atoms with van der Waals surface area (Å²) >= 11 is 1.05. The highest BCUT2D eigenvalue weighted by Gasteiger charge is 2.12. The summed E-state index contributed by atoms with van der Waals surface area (Å²) in [5, 5.41) is 12.0. The Morgan fingerprint density at radius 1 is 1.33 bits per heavy atom. The summed E-state index contributed by atoms with van der Waals surface area (Å²) in [6, 6.07) is 0. The number of hydrogen-bond donors (Lipinski definition) is 0. The number of ketones is 1. The van der Waals surface area contributed by atoms with Crippen LogP contribution in [0.25, 0.3) is 0 Å². The molecular formula is C9H11NOS. The van der Waals surface area contributed by atoms with Gasteiger partial charge in [0.15, 0.2) is 5.78 Å². The Balaban J connectivity index is 2.60. The summed E-state index contributed by atoms with van der Waals surface area (Å²) in [6.07, 6.45) is 4.75. The SMILES string of the molecule is N#CSC=C1CCCCCC1=O. The number of thioether (sulfide) groups is 1. The molecule has 1 saturated carbocycles. The summed E-state index contributed by atoms with van der Waals surface area (Å²) in [5.41, 5.74) is 0.846. The van der Waals surface area contributed by atoms with Crippen molar-refractivity contribution >= 4 is 17.5 Å². The monoisotopic (exact) mass is 181 g/mol. The Morgan fingerprint density at radius 2 is 2.08 bits per heavy atom. The molecule has 0 radical (unpaired) electrons. The Kier molecular flexibility index (Phi) is 3.89. The van der Waals surface area contributed by atoms with E-state index in [0.717, 1.165) is 43.0 Å². The van der Waals surface area contributed by atoms with Crippen LogP contribution < -0.4 is 0 Å². The van der Waals surface area contributed by atoms with Crippen molar-refractivity contribution in [1.82, 2.24) is 0 Å². The van der Waals surface area contributed by atoms with Crippen LogP contribution in [0.5, 0.6) is 0 Å². The van der Waals surface area contributed by atoms with Crippen molar-refractivity contribution in [3.63, 3.8) is 0 Å². The first-order valence-corrected chi connectivity index (χ1v) is 4.99. The van der Waals surface area contributed by atoms with Crippen LogP contribution in [0.2, 0.25) is 0 Å². The summed E-state index contributed by atoms with van der Waals surface area (Å²) in [6.45, 7) is 0. The van der Waals surface area contributed by atoms with Crippen molar-refractivity contribution in [2.45, 2.75) is 32.1 Å². The van der Waals surface area contributed by atoms with E-state index in [0.29, 0.717) is 6.42 Å². The third-order valence-electron chi connectivity index (χ3n) is 1.96. The molecule has 0 N–H and O–H groups in total. The molecule has 0 aliphatic heterocycles. The predicted molar refractivity (Wildman–Crippen MR) is 49.4 cm³/mol. The zero-order chi connectivity index (χ0) is 8.81. The standard InChI is InChI=1S/C9H11NOS/c10-7-12-6-8-4-2-1-3-5-9(8)11/h6H,1-5H2. The molecule has 0 spiro atoms. The lowest BCUT2D eigenvalue weighted by Gasteiger charge is -1.97. The largest absolute Gasteiger partial charge is 0.295 e. The average molecular weight is 181 g/mol. The molecule has 0 unspecified atom stereocenters. The highest BCUT2D eigenvalue weighted by Crippen LogP contribution is 2.21. The molecule has 1 fully saturated rings. The molecule has 1 aliphatic carbocycles. The second-order valence-electron chi connectivity index (χ2n) is 2.84. The van der Waals surface area contributed by atoms with E-state index in [1.807, 2.05) is 5.40 Å². The van der Waals surface area contributed by atoms with Crippen molar-refractivity contribution < 1.29 is 4.79 Å². The molecule has 0 saturated heterocycles. The molecule has 0 atom stereocenters. The van der Waals surface area contributed by atoms with E-state index < -0.39 is 0 Å². The van der Waals surface area contributed by atoms with Gasteiger partial charge in [-0.05, 0) is 36.4 Å². The van der Waals surface area contributed by atoms with Gasteiger partial charge in [-0.15, -0.1) is 0 Å². The van der Waals surface area contributed by atoms with E-state index >= 15 is 0 Å². The Hall–Kier alpha value is -0.750. The number of hydrogen-bond acceptors (Lipinski definition) is 3. The Morgan fingerprint density at radius 3 is 2.83 bits per heavy atom. The number of Topliss-reactive ketones (excluding diaryl/α,β-unsaturated/α-hetero) is 1. The second-order valence-corrected chi connectivity index (χ2v) is 3.49. The van der Waals surface area contributed by atoms with Crippen LogP contribution in [0.1, 0.15) is 32.1 Å². The molecule has 3 heteroatoms. The first kappa shape index (κ1) is 9.34. The topological polar surface area (TPSA) is 40.9 Å². The van der Waals surface area contributed by atoms with Gasteiger partial charge in [0.05, 0.1) is 0 Å². The van der Waals surface area contributed by atoms with Gasteiger partial charge >= 0.3 is 0 Å². The van der Waals surface area contributed by atoms with Crippen LogP contribution in [0.3, 0.4) is 0 Å². The molecule has 2 nitrogen and oxygen atoms in total. The zero-order valence-corrected chi connectivity index (χ0v) is 7.69. The molecule has 12 heavy (non-hydrogen) atoms. The lowest BCUT2D eigenvalue weighted by Crippen LogP contribution is -1.98. The van der Waals surface area contributed by atoms with Gasteiger partial charge < -0.3 is 0 Å². The van der Waals surface area contributed by atoms with Gasteiger partial charge in [-0.1, -0.05) is 6.42 Å². The highest BCUT2D eigenvalue weighted by atomic mass is 32.2. The number of nitrogens with zero attached hydrogens (tertiary/aromatic N) is 1. The summed E-state index contributed by atoms with van der Waals surface area (Å²) in [4.78, 5) is 11.3. The number of carbonyl (C=O) groups excluding carboxylic acids is 1. The molecule has 1 rings (SSSR count). The maximum Gasteiger partial charge on any atom is 0.159 e. The molecular weight excluding hydrogens is 170 g/mol. The maximum atomic E-state index is 11.3. The van der Waals surface area contributed by atoms with Crippen LogP contribution in [-0.4, -0.2) is 5.78 Å². The molecule has 0 bridgehead atoms. The van der Waals surface area contributed by atoms with Gasteiger partial charge in [0, 0.05) is 12.0 Å². The minimum Gasteiger partial charge on any atom is -0.295 e. The van der Waals surface area contributed by atoms with Crippen LogP contribution in [0.4, 0.5) is 0 Å². The number of allylic oxidation sites excluding steroid dienone is 1. The lowest BCUT2D eigenvalue weighted by molar-refractivity contribution is -0.115. The first-order chi connectivity index (χ1) is 5.84. The molecule has 1 aliphatic rings. The van der Waals surface area contributed by atoms with E-state index in [9.17, 15) is 4.79 Å². The van der Waals surface area contributed by atoms with E-state index in [4.69, 9.17) is 5.26 Å². The van der Waals surface area contributed by atoms with Crippen molar-refractivity contribution in [3.8, 4) is 5.40 Å². The van der Waals surface area contributed by atoms with Crippen molar-refractivity contribution in [2.75, 3.05) is 0 Å². The minimum atomic E-state index is 0.232. The Bertz CT molecular complexity index is 239. The summed E-state index contributed by atoms with van der Waals surface area (Å²) in [7, 11) is 0. The number of thiocyanates is 1. The number of rotatable bonds is 1. The number of nitriles is 1. The fraction of sp³-hybridized carbons (Fsp3) is 0.556. The van der Waals surface area contributed by atoms with Gasteiger partial charge in [0.1, 0.15) is 5.40 Å². The molecule has 0 heterocycles. The molecule has 64 valence electrons. The maximum absolute atomic E-state index is 11.3. The van der Waals surface area contributed by atoms with Gasteiger partial charge in [-0.2, -0.15) is 5.26 Å². The first-order valence-electron chi connectivity index (χ1n) is 4.11. The predicted octanol–water partition coefficient (Wildman–Crippen LogP) is 2.62. The van der Waals surface area contributed by atoms with Crippen LogP contribution in [0.15, 0.2) is 11.0 Å². The van der Waals surface area contributed by atoms with Crippen molar-refractivity contribution in [3.05, 3.63) is 11.0 Å². The van der Waals surface area contributed by atoms with Crippen LogP contribution >= 0.6 is 11.8 Å². The highest BCUT2D eigenvalue weighted by molar-refractivity contribution is 8.06. The smallest absolute Gasteiger partial charge is 0.159 e.